The summed E-state index contributed by atoms with van der Waals surface area (Å²) in [4.78, 5) is 2.70. The van der Waals surface area contributed by atoms with E-state index in [1.54, 1.807) is 0 Å². The molecule has 3 heteroatoms. The monoisotopic (exact) mass is 268 g/mol. The molecule has 2 unspecified atom stereocenters. The van der Waals surface area contributed by atoms with Crippen LogP contribution in [0.1, 0.15) is 52.9 Å². The van der Waals surface area contributed by atoms with Crippen molar-refractivity contribution >= 4 is 0 Å². The van der Waals surface area contributed by atoms with Crippen molar-refractivity contribution in [3.05, 3.63) is 0 Å². The summed E-state index contributed by atoms with van der Waals surface area (Å²) < 4.78 is 5.76. The van der Waals surface area contributed by atoms with E-state index in [1.807, 2.05) is 0 Å². The van der Waals surface area contributed by atoms with Gasteiger partial charge in [0.15, 0.2) is 0 Å². The van der Waals surface area contributed by atoms with E-state index < -0.39 is 0 Å². The van der Waals surface area contributed by atoms with Gasteiger partial charge in [-0.05, 0) is 57.2 Å². The van der Waals surface area contributed by atoms with Crippen molar-refractivity contribution in [1.29, 1.82) is 0 Å². The third kappa shape index (κ3) is 4.44. The third-order valence-electron chi connectivity index (χ3n) is 4.83. The summed E-state index contributed by atoms with van der Waals surface area (Å²) in [5.74, 6) is 0. The van der Waals surface area contributed by atoms with Crippen LogP contribution in [0.4, 0.5) is 0 Å². The largest absolute Gasteiger partial charge is 0.380 e. The molecule has 2 saturated heterocycles. The van der Waals surface area contributed by atoms with Crippen molar-refractivity contribution in [3.8, 4) is 0 Å². The number of hydrogen-bond donors (Lipinski definition) is 1. The fourth-order valence-electron chi connectivity index (χ4n) is 3.43. The van der Waals surface area contributed by atoms with Crippen molar-refractivity contribution in [1.82, 2.24) is 10.2 Å². The van der Waals surface area contributed by atoms with E-state index in [-0.39, 0.29) is 0 Å². The van der Waals surface area contributed by atoms with Crippen LogP contribution in [0.25, 0.3) is 0 Å². The zero-order valence-corrected chi connectivity index (χ0v) is 13.1. The molecule has 0 radical (unpaired) electrons. The molecule has 0 spiro atoms. The molecule has 3 nitrogen and oxygen atoms in total. The molecule has 2 aliphatic rings. The normalized spacial score (nSPS) is 33.0. The van der Waals surface area contributed by atoms with Gasteiger partial charge in [0.1, 0.15) is 0 Å². The van der Waals surface area contributed by atoms with Crippen LogP contribution in [0.2, 0.25) is 0 Å². The zero-order chi connectivity index (χ0) is 13.7. The van der Waals surface area contributed by atoms with Gasteiger partial charge in [0.2, 0.25) is 0 Å². The Labute approximate surface area is 119 Å². The standard InChI is InChI=1S/C16H32N2O/c1-4-9-17-14-6-12-19-13-15(14)18-10-5-7-16(2,3)8-11-18/h14-15,17H,4-13H2,1-3H3. The van der Waals surface area contributed by atoms with Gasteiger partial charge < -0.3 is 10.1 Å². The van der Waals surface area contributed by atoms with E-state index in [1.165, 1.54) is 45.2 Å². The van der Waals surface area contributed by atoms with Gasteiger partial charge in [-0.1, -0.05) is 20.8 Å². The highest BCUT2D eigenvalue weighted by atomic mass is 16.5. The van der Waals surface area contributed by atoms with Crippen LogP contribution in [-0.2, 0) is 4.74 Å². The van der Waals surface area contributed by atoms with Crippen LogP contribution >= 0.6 is 0 Å². The summed E-state index contributed by atoms with van der Waals surface area (Å²) >= 11 is 0. The maximum Gasteiger partial charge on any atom is 0.0637 e. The van der Waals surface area contributed by atoms with Crippen LogP contribution in [0.15, 0.2) is 0 Å². The highest BCUT2D eigenvalue weighted by Gasteiger charge is 2.33. The topological polar surface area (TPSA) is 24.5 Å². The molecular weight excluding hydrogens is 236 g/mol. The van der Waals surface area contributed by atoms with Crippen molar-refractivity contribution in [3.63, 3.8) is 0 Å². The second-order valence-electron chi connectivity index (χ2n) is 7.05. The molecule has 0 bridgehead atoms. The lowest BCUT2D eigenvalue weighted by atomic mass is 9.85. The molecule has 2 atom stereocenters. The molecule has 2 heterocycles. The summed E-state index contributed by atoms with van der Waals surface area (Å²) in [5.41, 5.74) is 0.524. The number of rotatable bonds is 4. The first-order valence-corrected chi connectivity index (χ1v) is 8.17. The molecule has 0 aromatic heterocycles. The Kier molecular flexibility index (Phi) is 5.67. The van der Waals surface area contributed by atoms with Gasteiger partial charge in [-0.2, -0.15) is 0 Å². The Morgan fingerprint density at radius 3 is 2.89 bits per heavy atom. The zero-order valence-electron chi connectivity index (χ0n) is 13.1. The molecule has 0 aromatic carbocycles. The molecule has 0 saturated carbocycles. The Hall–Kier alpha value is -0.120. The van der Waals surface area contributed by atoms with E-state index in [0.29, 0.717) is 17.5 Å². The molecular formula is C16H32N2O. The van der Waals surface area contributed by atoms with Crippen molar-refractivity contribution in [2.75, 3.05) is 32.8 Å². The molecule has 0 amide bonds. The average Bonchev–Trinajstić information content (AvgIpc) is 2.58. The van der Waals surface area contributed by atoms with Crippen LogP contribution < -0.4 is 5.32 Å². The summed E-state index contributed by atoms with van der Waals surface area (Å²) in [7, 11) is 0. The first kappa shape index (κ1) is 15.3. The smallest absolute Gasteiger partial charge is 0.0637 e. The summed E-state index contributed by atoms with van der Waals surface area (Å²) in [6.07, 6.45) is 6.42. The number of nitrogens with one attached hydrogen (secondary N) is 1. The summed E-state index contributed by atoms with van der Waals surface area (Å²) in [6, 6.07) is 1.23. The minimum atomic E-state index is 0.524. The molecule has 0 aliphatic carbocycles. The predicted octanol–water partition coefficient (Wildman–Crippen LogP) is 2.66. The number of likely N-dealkylation sites (tertiary alicyclic amines) is 1. The Bertz CT molecular complexity index is 267. The summed E-state index contributed by atoms with van der Waals surface area (Å²) in [6.45, 7) is 12.6. The Morgan fingerprint density at radius 2 is 2.11 bits per heavy atom. The second-order valence-corrected chi connectivity index (χ2v) is 7.05. The summed E-state index contributed by atoms with van der Waals surface area (Å²) in [5, 5.41) is 3.74. The van der Waals surface area contributed by atoms with Crippen molar-refractivity contribution < 1.29 is 4.74 Å². The second kappa shape index (κ2) is 7.05. The van der Waals surface area contributed by atoms with E-state index in [0.717, 1.165) is 19.8 Å². The van der Waals surface area contributed by atoms with Crippen LogP contribution in [-0.4, -0.2) is 49.8 Å². The molecule has 2 fully saturated rings. The van der Waals surface area contributed by atoms with E-state index in [4.69, 9.17) is 4.74 Å². The fraction of sp³-hybridized carbons (Fsp3) is 1.00. The minimum absolute atomic E-state index is 0.524. The van der Waals surface area contributed by atoms with E-state index in [9.17, 15) is 0 Å². The number of nitrogens with zero attached hydrogens (tertiary/aromatic N) is 1. The first-order valence-electron chi connectivity index (χ1n) is 8.17. The quantitative estimate of drug-likeness (QED) is 0.848. The first-order chi connectivity index (χ1) is 9.12. The SMILES string of the molecule is CCCNC1CCOCC1N1CCCC(C)(C)CC1. The molecule has 112 valence electrons. The fourth-order valence-corrected chi connectivity index (χ4v) is 3.43. The third-order valence-corrected chi connectivity index (χ3v) is 4.83. The molecule has 19 heavy (non-hydrogen) atoms. The van der Waals surface area contributed by atoms with Gasteiger partial charge in [0.05, 0.1) is 6.61 Å². The lowest BCUT2D eigenvalue weighted by molar-refractivity contribution is -0.00281. The Balaban J connectivity index is 1.93. The minimum Gasteiger partial charge on any atom is -0.380 e. The lowest BCUT2D eigenvalue weighted by Crippen LogP contribution is -2.55. The van der Waals surface area contributed by atoms with Gasteiger partial charge in [0, 0.05) is 18.7 Å². The van der Waals surface area contributed by atoms with Gasteiger partial charge in [0.25, 0.3) is 0 Å². The van der Waals surface area contributed by atoms with Gasteiger partial charge in [-0.15, -0.1) is 0 Å². The maximum absolute atomic E-state index is 5.76. The van der Waals surface area contributed by atoms with Gasteiger partial charge >= 0.3 is 0 Å². The van der Waals surface area contributed by atoms with Gasteiger partial charge in [-0.25, -0.2) is 0 Å². The Morgan fingerprint density at radius 1 is 1.26 bits per heavy atom. The number of ether oxygens (including phenoxy) is 1. The molecule has 1 N–H and O–H groups in total. The lowest BCUT2D eigenvalue weighted by Gasteiger charge is -2.40. The van der Waals surface area contributed by atoms with Crippen LogP contribution in [0, 0.1) is 5.41 Å². The average molecular weight is 268 g/mol. The van der Waals surface area contributed by atoms with E-state index in [2.05, 4.69) is 31.0 Å². The highest BCUT2D eigenvalue weighted by Crippen LogP contribution is 2.31. The highest BCUT2D eigenvalue weighted by molar-refractivity contribution is 4.89. The van der Waals surface area contributed by atoms with Gasteiger partial charge in [-0.3, -0.25) is 4.90 Å². The number of hydrogen-bond acceptors (Lipinski definition) is 3. The van der Waals surface area contributed by atoms with Crippen LogP contribution in [0.5, 0.6) is 0 Å². The molecule has 2 aliphatic heterocycles. The van der Waals surface area contributed by atoms with Crippen molar-refractivity contribution in [2.24, 2.45) is 5.41 Å². The van der Waals surface area contributed by atoms with E-state index >= 15 is 0 Å². The predicted molar refractivity (Wildman–Crippen MR) is 80.5 cm³/mol. The van der Waals surface area contributed by atoms with Crippen molar-refractivity contribution in [2.45, 2.75) is 65.0 Å². The molecule has 0 aromatic rings. The van der Waals surface area contributed by atoms with Crippen LogP contribution in [0.3, 0.4) is 0 Å². The maximum atomic E-state index is 5.76. The molecule has 2 rings (SSSR count).